The molecule has 2 heterocycles. The van der Waals surface area contributed by atoms with Crippen LogP contribution in [0.2, 0.25) is 0 Å². The van der Waals surface area contributed by atoms with E-state index in [4.69, 9.17) is 4.42 Å². The maximum Gasteiger partial charge on any atom is 0.257 e. The second kappa shape index (κ2) is 7.02. The lowest BCUT2D eigenvalue weighted by molar-refractivity contribution is 0.228. The van der Waals surface area contributed by atoms with E-state index in [-0.39, 0.29) is 11.9 Å². The number of benzene rings is 1. The van der Waals surface area contributed by atoms with Gasteiger partial charge in [0, 0.05) is 6.54 Å². The van der Waals surface area contributed by atoms with Crippen LogP contribution in [0.1, 0.15) is 24.4 Å². The number of hydrogen-bond acceptors (Lipinski definition) is 5. The standard InChI is InChI=1S/C17H18FN3OS/c1-12(16-19-20-17(22-16)15-4-3-11-23-15)21(2)10-9-13-5-7-14(18)8-6-13/h3-8,11-12H,9-10H2,1-2H3/t12-/m1/s1. The highest BCUT2D eigenvalue weighted by Gasteiger charge is 2.19. The summed E-state index contributed by atoms with van der Waals surface area (Å²) in [6.45, 7) is 2.86. The highest BCUT2D eigenvalue weighted by molar-refractivity contribution is 7.13. The molecule has 2 aromatic heterocycles. The van der Waals surface area contributed by atoms with Gasteiger partial charge in [-0.15, -0.1) is 21.5 Å². The molecule has 120 valence electrons. The van der Waals surface area contributed by atoms with Gasteiger partial charge in [-0.25, -0.2) is 4.39 Å². The summed E-state index contributed by atoms with van der Waals surface area (Å²) in [4.78, 5) is 3.12. The Morgan fingerprint density at radius 2 is 2.00 bits per heavy atom. The molecule has 6 heteroatoms. The quantitative estimate of drug-likeness (QED) is 0.680. The number of nitrogens with zero attached hydrogens (tertiary/aromatic N) is 3. The molecule has 0 saturated heterocycles. The average Bonchev–Trinajstić information content (AvgIpc) is 3.24. The van der Waals surface area contributed by atoms with Gasteiger partial charge in [-0.3, -0.25) is 4.90 Å². The fourth-order valence-electron chi connectivity index (χ4n) is 2.24. The van der Waals surface area contributed by atoms with Gasteiger partial charge < -0.3 is 4.42 Å². The molecule has 0 aliphatic rings. The van der Waals surface area contributed by atoms with E-state index in [2.05, 4.69) is 15.1 Å². The molecule has 0 amide bonds. The number of thiophene rings is 1. The van der Waals surface area contributed by atoms with Gasteiger partial charge >= 0.3 is 0 Å². The zero-order valence-electron chi connectivity index (χ0n) is 13.1. The fourth-order valence-corrected chi connectivity index (χ4v) is 2.89. The molecule has 0 N–H and O–H groups in total. The third-order valence-corrected chi connectivity index (χ3v) is 4.72. The Morgan fingerprint density at radius 3 is 2.70 bits per heavy atom. The van der Waals surface area contributed by atoms with Crippen molar-refractivity contribution in [3.8, 4) is 10.8 Å². The molecule has 0 radical (unpaired) electrons. The summed E-state index contributed by atoms with van der Waals surface area (Å²) in [7, 11) is 2.02. The highest BCUT2D eigenvalue weighted by atomic mass is 32.1. The zero-order valence-corrected chi connectivity index (χ0v) is 13.9. The van der Waals surface area contributed by atoms with E-state index < -0.39 is 0 Å². The topological polar surface area (TPSA) is 42.2 Å². The van der Waals surface area contributed by atoms with Gasteiger partial charge in [-0.1, -0.05) is 18.2 Å². The van der Waals surface area contributed by atoms with Crippen molar-refractivity contribution in [3.63, 3.8) is 0 Å². The molecule has 0 spiro atoms. The van der Waals surface area contributed by atoms with Crippen molar-refractivity contribution in [1.82, 2.24) is 15.1 Å². The summed E-state index contributed by atoms with van der Waals surface area (Å²) in [5, 5.41) is 10.3. The predicted octanol–water partition coefficient (Wildman–Crippen LogP) is 4.17. The van der Waals surface area contributed by atoms with Crippen molar-refractivity contribution in [2.75, 3.05) is 13.6 Å². The number of likely N-dealkylation sites (N-methyl/N-ethyl adjacent to an activating group) is 1. The SMILES string of the molecule is C[C@H](c1nnc(-c2cccs2)o1)N(C)CCc1ccc(F)cc1. The first-order valence-corrected chi connectivity index (χ1v) is 8.33. The van der Waals surface area contributed by atoms with Gasteiger partial charge in [0.05, 0.1) is 10.9 Å². The van der Waals surface area contributed by atoms with Crippen LogP contribution >= 0.6 is 11.3 Å². The first-order chi connectivity index (χ1) is 11.1. The second-order valence-electron chi connectivity index (χ2n) is 5.46. The van der Waals surface area contributed by atoms with Crippen LogP contribution in [0.3, 0.4) is 0 Å². The Hall–Kier alpha value is -2.05. The van der Waals surface area contributed by atoms with Gasteiger partial charge in [0.1, 0.15) is 5.82 Å². The molecule has 4 nitrogen and oxygen atoms in total. The van der Waals surface area contributed by atoms with Crippen molar-refractivity contribution in [2.45, 2.75) is 19.4 Å². The number of aromatic nitrogens is 2. The van der Waals surface area contributed by atoms with Crippen LogP contribution in [0.25, 0.3) is 10.8 Å². The fraction of sp³-hybridized carbons (Fsp3) is 0.294. The highest BCUT2D eigenvalue weighted by Crippen LogP contribution is 2.26. The molecule has 0 bridgehead atoms. The summed E-state index contributed by atoms with van der Waals surface area (Å²) in [6, 6.07) is 10.6. The largest absolute Gasteiger partial charge is 0.418 e. The van der Waals surface area contributed by atoms with E-state index in [1.807, 2.05) is 43.6 Å². The van der Waals surface area contributed by atoms with Gasteiger partial charge in [-0.05, 0) is 49.5 Å². The lowest BCUT2D eigenvalue weighted by Gasteiger charge is -2.21. The third kappa shape index (κ3) is 3.83. The molecular weight excluding hydrogens is 313 g/mol. The van der Waals surface area contributed by atoms with Crippen LogP contribution < -0.4 is 0 Å². The molecule has 0 aliphatic heterocycles. The van der Waals surface area contributed by atoms with Crippen LogP contribution in [0, 0.1) is 5.82 Å². The van der Waals surface area contributed by atoms with Crippen LogP contribution in [-0.4, -0.2) is 28.7 Å². The molecular formula is C17H18FN3OS. The number of hydrogen-bond donors (Lipinski definition) is 0. The monoisotopic (exact) mass is 331 g/mol. The Morgan fingerprint density at radius 1 is 1.22 bits per heavy atom. The van der Waals surface area contributed by atoms with Gasteiger partial charge in [0.25, 0.3) is 5.89 Å². The van der Waals surface area contributed by atoms with Crippen molar-refractivity contribution in [1.29, 1.82) is 0 Å². The average molecular weight is 331 g/mol. The van der Waals surface area contributed by atoms with Crippen LogP contribution in [0.5, 0.6) is 0 Å². The Kier molecular flexibility index (Phi) is 4.83. The maximum absolute atomic E-state index is 12.9. The first kappa shape index (κ1) is 15.8. The minimum atomic E-state index is -0.206. The van der Waals surface area contributed by atoms with Crippen molar-refractivity contribution >= 4 is 11.3 Å². The molecule has 0 aliphatic carbocycles. The van der Waals surface area contributed by atoms with Gasteiger partial charge in [0.2, 0.25) is 5.89 Å². The van der Waals surface area contributed by atoms with E-state index in [0.29, 0.717) is 11.8 Å². The third-order valence-electron chi connectivity index (χ3n) is 3.86. The van der Waals surface area contributed by atoms with Gasteiger partial charge in [-0.2, -0.15) is 0 Å². The van der Waals surface area contributed by atoms with Crippen LogP contribution in [0.15, 0.2) is 46.2 Å². The minimum Gasteiger partial charge on any atom is -0.418 e. The summed E-state index contributed by atoms with van der Waals surface area (Å²) in [5.74, 6) is 0.964. The normalized spacial score (nSPS) is 12.7. The summed E-state index contributed by atoms with van der Waals surface area (Å²) in [6.07, 6.45) is 0.840. The number of halogens is 1. The molecule has 1 aromatic carbocycles. The van der Waals surface area contributed by atoms with E-state index in [1.165, 1.54) is 12.1 Å². The zero-order chi connectivity index (χ0) is 16.2. The maximum atomic E-state index is 12.9. The van der Waals surface area contributed by atoms with E-state index in [0.717, 1.165) is 23.4 Å². The molecule has 0 unspecified atom stereocenters. The summed E-state index contributed by atoms with van der Waals surface area (Å²) in [5.41, 5.74) is 1.11. The Bertz CT molecular complexity index is 740. The molecule has 1 atom stereocenters. The van der Waals surface area contributed by atoms with Crippen molar-refractivity contribution in [3.05, 3.63) is 59.0 Å². The molecule has 3 aromatic rings. The molecule has 3 rings (SSSR count). The van der Waals surface area contributed by atoms with E-state index in [9.17, 15) is 4.39 Å². The smallest absolute Gasteiger partial charge is 0.257 e. The van der Waals surface area contributed by atoms with Gasteiger partial charge in [0.15, 0.2) is 0 Å². The summed E-state index contributed by atoms with van der Waals surface area (Å²) < 4.78 is 18.7. The first-order valence-electron chi connectivity index (χ1n) is 7.45. The van der Waals surface area contributed by atoms with E-state index >= 15 is 0 Å². The van der Waals surface area contributed by atoms with Crippen LogP contribution in [-0.2, 0) is 6.42 Å². The molecule has 0 fully saturated rings. The lowest BCUT2D eigenvalue weighted by atomic mass is 10.1. The molecule has 0 saturated carbocycles. The lowest BCUT2D eigenvalue weighted by Crippen LogP contribution is -2.25. The van der Waals surface area contributed by atoms with E-state index in [1.54, 1.807) is 11.3 Å². The summed E-state index contributed by atoms with van der Waals surface area (Å²) >= 11 is 1.58. The minimum absolute atomic E-state index is 0.0247. The Labute approximate surface area is 138 Å². The van der Waals surface area contributed by atoms with Crippen molar-refractivity contribution < 1.29 is 8.81 Å². The second-order valence-corrected chi connectivity index (χ2v) is 6.40. The van der Waals surface area contributed by atoms with Crippen molar-refractivity contribution in [2.24, 2.45) is 0 Å². The Balaban J connectivity index is 1.61. The number of rotatable bonds is 6. The predicted molar refractivity (Wildman–Crippen MR) is 88.8 cm³/mol. The molecule has 23 heavy (non-hydrogen) atoms. The van der Waals surface area contributed by atoms with Crippen LogP contribution in [0.4, 0.5) is 4.39 Å².